The van der Waals surface area contributed by atoms with Crippen molar-refractivity contribution in [3.8, 4) is 5.75 Å². The third kappa shape index (κ3) is 11.3. The van der Waals surface area contributed by atoms with Gasteiger partial charge in [-0.2, -0.15) is 0 Å². The lowest BCUT2D eigenvalue weighted by Crippen LogP contribution is -2.14. The van der Waals surface area contributed by atoms with Crippen molar-refractivity contribution in [3.05, 3.63) is 94.2 Å². The Morgan fingerprint density at radius 1 is 0.969 bits per heavy atom. The van der Waals surface area contributed by atoms with Crippen LogP contribution in [0.4, 0.5) is 0 Å². The second kappa shape index (κ2) is 14.6. The predicted molar refractivity (Wildman–Crippen MR) is 133 cm³/mol. The van der Waals surface area contributed by atoms with Crippen LogP contribution in [0.2, 0.25) is 10.0 Å². The van der Waals surface area contributed by atoms with E-state index in [0.29, 0.717) is 32.3 Å². The molecular weight excluding hydrogens is 445 g/mol. The fourth-order valence-corrected chi connectivity index (χ4v) is 2.67. The van der Waals surface area contributed by atoms with Crippen molar-refractivity contribution in [2.75, 3.05) is 20.3 Å². The molecule has 2 aromatic carbocycles. The van der Waals surface area contributed by atoms with Crippen molar-refractivity contribution < 1.29 is 14.3 Å². The van der Waals surface area contributed by atoms with Crippen molar-refractivity contribution in [1.29, 1.82) is 0 Å². The molecule has 0 amide bonds. The second-order valence-electron chi connectivity index (χ2n) is 7.90. The lowest BCUT2D eigenvalue weighted by Gasteiger charge is -2.16. The van der Waals surface area contributed by atoms with Crippen LogP contribution in [0.1, 0.15) is 43.6 Å². The Labute approximate surface area is 201 Å². The Morgan fingerprint density at radius 3 is 2.00 bits per heavy atom. The number of ketones is 1. The first kappa shape index (κ1) is 27.6. The van der Waals surface area contributed by atoms with Crippen LogP contribution >= 0.6 is 23.2 Å². The zero-order chi connectivity index (χ0) is 24.0. The molecule has 0 atom stereocenters. The molecule has 0 saturated carbocycles. The smallest absolute Gasteiger partial charge is 0.194 e. The van der Waals surface area contributed by atoms with Crippen molar-refractivity contribution in [2.24, 2.45) is 5.41 Å². The number of halogens is 2. The zero-order valence-corrected chi connectivity index (χ0v) is 20.8. The van der Waals surface area contributed by atoms with E-state index in [-0.39, 0.29) is 5.78 Å². The van der Waals surface area contributed by atoms with Crippen LogP contribution < -0.4 is 4.74 Å². The second-order valence-corrected chi connectivity index (χ2v) is 8.75. The van der Waals surface area contributed by atoms with Gasteiger partial charge < -0.3 is 9.47 Å². The van der Waals surface area contributed by atoms with Crippen LogP contribution in [0.25, 0.3) is 0 Å². The maximum atomic E-state index is 12.2. The molecular formula is C26H31Cl2NO3. The van der Waals surface area contributed by atoms with Gasteiger partial charge in [-0.25, -0.2) is 0 Å². The molecule has 0 unspecified atom stereocenters. The number of benzene rings is 2. The molecule has 3 aromatic rings. The fourth-order valence-electron chi connectivity index (χ4n) is 2.29. The van der Waals surface area contributed by atoms with Gasteiger partial charge in [0.1, 0.15) is 5.75 Å². The predicted octanol–water partition coefficient (Wildman–Crippen LogP) is 7.38. The largest absolute Gasteiger partial charge is 0.497 e. The van der Waals surface area contributed by atoms with E-state index in [0.717, 1.165) is 13.2 Å². The summed E-state index contributed by atoms with van der Waals surface area (Å²) >= 11 is 11.9. The van der Waals surface area contributed by atoms with E-state index in [9.17, 15) is 4.79 Å². The van der Waals surface area contributed by atoms with Crippen LogP contribution in [-0.4, -0.2) is 31.1 Å². The zero-order valence-electron chi connectivity index (χ0n) is 19.3. The van der Waals surface area contributed by atoms with Crippen molar-refractivity contribution in [2.45, 2.75) is 27.7 Å². The Morgan fingerprint density at radius 2 is 1.59 bits per heavy atom. The topological polar surface area (TPSA) is 48.4 Å². The summed E-state index contributed by atoms with van der Waals surface area (Å²) in [6.07, 6.45) is 3.50. The summed E-state index contributed by atoms with van der Waals surface area (Å²) < 4.78 is 10.2. The van der Waals surface area contributed by atoms with Gasteiger partial charge in [0, 0.05) is 35.2 Å². The number of carbonyl (C=O) groups excluding carboxylic acids is 1. The number of nitrogens with zero attached hydrogens (tertiary/aromatic N) is 1. The third-order valence-electron chi connectivity index (χ3n) is 3.83. The number of methoxy groups -OCH3 is 1. The minimum absolute atomic E-state index is 0.162. The highest BCUT2D eigenvalue weighted by atomic mass is 35.5. The fraction of sp³-hybridized carbons (Fsp3) is 0.308. The van der Waals surface area contributed by atoms with Gasteiger partial charge in [-0.3, -0.25) is 9.78 Å². The van der Waals surface area contributed by atoms with Gasteiger partial charge in [0.2, 0.25) is 0 Å². The number of rotatable bonds is 5. The van der Waals surface area contributed by atoms with E-state index in [1.165, 1.54) is 0 Å². The van der Waals surface area contributed by atoms with E-state index < -0.39 is 0 Å². The molecule has 6 heteroatoms. The average Bonchev–Trinajstić information content (AvgIpc) is 2.80. The van der Waals surface area contributed by atoms with Crippen molar-refractivity contribution in [1.82, 2.24) is 4.98 Å². The summed E-state index contributed by atoms with van der Waals surface area (Å²) in [4.78, 5) is 16.0. The maximum Gasteiger partial charge on any atom is 0.194 e. The maximum absolute atomic E-state index is 12.2. The van der Waals surface area contributed by atoms with E-state index >= 15 is 0 Å². The number of ether oxygens (including phenoxy) is 2. The van der Waals surface area contributed by atoms with Gasteiger partial charge >= 0.3 is 0 Å². The molecule has 0 aliphatic carbocycles. The molecule has 0 spiro atoms. The SMILES string of the molecule is CCOCC(C)(C)C.COc1ccc(C(=O)c2cc(Cl)ccc2Cl)cc1.c1ccncc1. The number of aromatic nitrogens is 1. The summed E-state index contributed by atoms with van der Waals surface area (Å²) in [7, 11) is 1.57. The van der Waals surface area contributed by atoms with Gasteiger partial charge in [-0.15, -0.1) is 0 Å². The first-order chi connectivity index (χ1) is 15.2. The summed E-state index contributed by atoms with van der Waals surface area (Å²) in [5.41, 5.74) is 1.27. The lowest BCUT2D eigenvalue weighted by atomic mass is 9.99. The molecule has 0 saturated heterocycles. The van der Waals surface area contributed by atoms with E-state index in [2.05, 4.69) is 25.8 Å². The van der Waals surface area contributed by atoms with Crippen LogP contribution in [0.5, 0.6) is 5.75 Å². The van der Waals surface area contributed by atoms with Gasteiger partial charge in [0.15, 0.2) is 5.78 Å². The number of carbonyl (C=O) groups is 1. The van der Waals surface area contributed by atoms with Gasteiger partial charge in [-0.1, -0.05) is 50.0 Å². The minimum Gasteiger partial charge on any atom is -0.497 e. The van der Waals surface area contributed by atoms with E-state index in [4.69, 9.17) is 32.7 Å². The standard InChI is InChI=1S/C14H10Cl2O2.C7H16O.C5H5N/c1-18-11-5-2-9(3-6-11)14(17)12-8-10(15)4-7-13(12)16;1-5-8-6-7(2,3)4;1-2-4-6-5-3-1/h2-8H,1H3;5-6H2,1-4H3;1-5H. The summed E-state index contributed by atoms with van der Waals surface area (Å²) in [6, 6.07) is 17.4. The van der Waals surface area contributed by atoms with E-state index in [1.807, 2.05) is 25.1 Å². The summed E-state index contributed by atoms with van der Waals surface area (Å²) in [5, 5.41) is 0.872. The normalized spacial score (nSPS) is 10.2. The third-order valence-corrected chi connectivity index (χ3v) is 4.40. The Kier molecular flexibility index (Phi) is 12.6. The first-order valence-electron chi connectivity index (χ1n) is 10.2. The Bertz CT molecular complexity index is 897. The van der Waals surface area contributed by atoms with Crippen LogP contribution in [-0.2, 0) is 4.74 Å². The minimum atomic E-state index is -0.162. The highest BCUT2D eigenvalue weighted by molar-refractivity contribution is 6.36. The average molecular weight is 476 g/mol. The molecule has 0 fully saturated rings. The molecule has 0 N–H and O–H groups in total. The molecule has 0 aliphatic rings. The number of hydrogen-bond acceptors (Lipinski definition) is 4. The lowest BCUT2D eigenvalue weighted by molar-refractivity contribution is 0.0805. The van der Waals surface area contributed by atoms with Crippen molar-refractivity contribution >= 4 is 29.0 Å². The number of hydrogen-bond donors (Lipinski definition) is 0. The van der Waals surface area contributed by atoms with E-state index in [1.54, 1.807) is 62.0 Å². The molecule has 32 heavy (non-hydrogen) atoms. The monoisotopic (exact) mass is 475 g/mol. The molecule has 0 bridgehead atoms. The molecule has 4 nitrogen and oxygen atoms in total. The molecule has 172 valence electrons. The van der Waals surface area contributed by atoms with Crippen LogP contribution in [0.3, 0.4) is 0 Å². The highest BCUT2D eigenvalue weighted by Crippen LogP contribution is 2.24. The van der Waals surface area contributed by atoms with Gasteiger partial charge in [0.05, 0.1) is 18.7 Å². The Balaban J connectivity index is 0.000000301. The summed E-state index contributed by atoms with van der Waals surface area (Å²) in [5.74, 6) is 0.536. The first-order valence-corrected chi connectivity index (χ1v) is 11.0. The highest BCUT2D eigenvalue weighted by Gasteiger charge is 2.13. The Hall–Kier alpha value is -2.40. The molecule has 1 heterocycles. The summed E-state index contributed by atoms with van der Waals surface area (Å²) in [6.45, 7) is 10.2. The van der Waals surface area contributed by atoms with Crippen LogP contribution in [0, 0.1) is 5.41 Å². The quantitative estimate of drug-likeness (QED) is 0.361. The molecule has 3 rings (SSSR count). The molecule has 0 radical (unpaired) electrons. The molecule has 0 aliphatic heterocycles. The van der Waals surface area contributed by atoms with Crippen molar-refractivity contribution in [3.63, 3.8) is 0 Å². The van der Waals surface area contributed by atoms with Gasteiger partial charge in [-0.05, 0) is 66.9 Å². The molecule has 1 aromatic heterocycles. The van der Waals surface area contributed by atoms with Gasteiger partial charge in [0.25, 0.3) is 0 Å². The van der Waals surface area contributed by atoms with Crippen LogP contribution in [0.15, 0.2) is 73.1 Å². The number of pyridine rings is 1.